The van der Waals surface area contributed by atoms with Crippen molar-refractivity contribution >= 4 is 15.7 Å². The van der Waals surface area contributed by atoms with E-state index in [1.807, 2.05) is 13.0 Å². The van der Waals surface area contributed by atoms with E-state index in [9.17, 15) is 8.42 Å². The number of nitrogens with one attached hydrogen (secondary N) is 2. The summed E-state index contributed by atoms with van der Waals surface area (Å²) in [4.78, 5) is 0.293. The molecule has 4 nitrogen and oxygen atoms in total. The van der Waals surface area contributed by atoms with Crippen molar-refractivity contribution in [1.82, 2.24) is 4.72 Å². The van der Waals surface area contributed by atoms with Gasteiger partial charge in [0.1, 0.15) is 0 Å². The van der Waals surface area contributed by atoms with Crippen LogP contribution in [0.5, 0.6) is 0 Å². The van der Waals surface area contributed by atoms with Gasteiger partial charge in [0.2, 0.25) is 10.0 Å². The quantitative estimate of drug-likeness (QED) is 0.844. The Bertz CT molecular complexity index is 524. The third kappa shape index (κ3) is 3.94. The minimum absolute atomic E-state index is 0.293. The van der Waals surface area contributed by atoms with Crippen molar-refractivity contribution in [2.45, 2.75) is 45.1 Å². The molecule has 0 amide bonds. The number of benzene rings is 1. The van der Waals surface area contributed by atoms with E-state index in [2.05, 4.69) is 30.8 Å². The van der Waals surface area contributed by atoms with Crippen LogP contribution in [0.2, 0.25) is 0 Å². The molecule has 0 saturated heterocycles. The predicted octanol–water partition coefficient (Wildman–Crippen LogP) is 2.75. The molecule has 0 aliphatic heterocycles. The van der Waals surface area contributed by atoms with Crippen LogP contribution in [0.3, 0.4) is 0 Å². The molecule has 19 heavy (non-hydrogen) atoms. The summed E-state index contributed by atoms with van der Waals surface area (Å²) in [5, 5.41) is 3.44. The molecule has 0 saturated carbocycles. The van der Waals surface area contributed by atoms with Crippen molar-refractivity contribution < 1.29 is 8.42 Å². The van der Waals surface area contributed by atoms with E-state index in [-0.39, 0.29) is 0 Å². The maximum absolute atomic E-state index is 11.8. The number of aryl methyl sites for hydroxylation is 1. The van der Waals surface area contributed by atoms with Crippen molar-refractivity contribution in [3.8, 4) is 0 Å². The van der Waals surface area contributed by atoms with Crippen LogP contribution in [0.15, 0.2) is 23.1 Å². The Balaban J connectivity index is 3.11. The van der Waals surface area contributed by atoms with E-state index >= 15 is 0 Å². The fourth-order valence-electron chi connectivity index (χ4n) is 1.98. The zero-order valence-corrected chi connectivity index (χ0v) is 13.1. The highest BCUT2D eigenvalue weighted by Crippen LogP contribution is 2.23. The molecule has 5 heteroatoms. The molecule has 0 aliphatic rings. The van der Waals surface area contributed by atoms with E-state index < -0.39 is 10.0 Å². The van der Waals surface area contributed by atoms with Crippen LogP contribution in [-0.4, -0.2) is 21.5 Å². The molecular weight excluding hydrogens is 260 g/mol. The minimum Gasteiger partial charge on any atom is -0.382 e. The molecular formula is C14H24N2O2S. The Labute approximate surface area is 116 Å². The summed E-state index contributed by atoms with van der Waals surface area (Å²) < 4.78 is 26.0. The van der Waals surface area contributed by atoms with Crippen molar-refractivity contribution in [3.63, 3.8) is 0 Å². The van der Waals surface area contributed by atoms with Gasteiger partial charge in [-0.1, -0.05) is 26.8 Å². The van der Waals surface area contributed by atoms with Crippen molar-refractivity contribution in [2.24, 2.45) is 5.92 Å². The SMILES string of the molecule is CCC(Nc1cc(S(=O)(=O)NC)ccc1C)C(C)C. The van der Waals surface area contributed by atoms with Crippen molar-refractivity contribution in [3.05, 3.63) is 23.8 Å². The number of anilines is 1. The molecule has 1 unspecified atom stereocenters. The highest BCUT2D eigenvalue weighted by molar-refractivity contribution is 7.89. The van der Waals surface area contributed by atoms with Crippen molar-refractivity contribution in [1.29, 1.82) is 0 Å². The first-order valence-electron chi connectivity index (χ1n) is 6.62. The van der Waals surface area contributed by atoms with Gasteiger partial charge in [0.25, 0.3) is 0 Å². The summed E-state index contributed by atoms with van der Waals surface area (Å²) in [5.74, 6) is 0.494. The molecule has 0 heterocycles. The van der Waals surface area contributed by atoms with E-state index in [1.165, 1.54) is 7.05 Å². The molecule has 108 valence electrons. The maximum Gasteiger partial charge on any atom is 0.240 e. The monoisotopic (exact) mass is 284 g/mol. The Morgan fingerprint density at radius 1 is 1.26 bits per heavy atom. The van der Waals surface area contributed by atoms with Gasteiger partial charge in [0, 0.05) is 11.7 Å². The smallest absolute Gasteiger partial charge is 0.240 e. The second kappa shape index (κ2) is 6.39. The van der Waals surface area contributed by atoms with E-state index in [4.69, 9.17) is 0 Å². The Hall–Kier alpha value is -1.07. The zero-order valence-electron chi connectivity index (χ0n) is 12.3. The van der Waals surface area contributed by atoms with Gasteiger partial charge in [0.05, 0.1) is 4.90 Å². The van der Waals surface area contributed by atoms with Gasteiger partial charge in [-0.05, 0) is 44.0 Å². The van der Waals surface area contributed by atoms with Crippen LogP contribution in [0.1, 0.15) is 32.8 Å². The first-order chi connectivity index (χ1) is 8.81. The molecule has 0 aliphatic carbocycles. The highest BCUT2D eigenvalue weighted by atomic mass is 32.2. The molecule has 0 radical (unpaired) electrons. The molecule has 1 rings (SSSR count). The van der Waals surface area contributed by atoms with Gasteiger partial charge in [-0.2, -0.15) is 0 Å². The third-order valence-corrected chi connectivity index (χ3v) is 4.79. The second-order valence-corrected chi connectivity index (χ2v) is 6.97. The summed E-state index contributed by atoms with van der Waals surface area (Å²) in [6, 6.07) is 5.50. The normalized spacial score (nSPS) is 13.6. The van der Waals surface area contributed by atoms with Crippen LogP contribution < -0.4 is 10.0 Å². The van der Waals surface area contributed by atoms with Crippen LogP contribution in [0.4, 0.5) is 5.69 Å². The van der Waals surface area contributed by atoms with Crippen LogP contribution in [0.25, 0.3) is 0 Å². The molecule has 1 aromatic carbocycles. The summed E-state index contributed by atoms with van der Waals surface area (Å²) in [5.41, 5.74) is 1.94. The fraction of sp³-hybridized carbons (Fsp3) is 0.571. The van der Waals surface area contributed by atoms with Gasteiger partial charge in [-0.25, -0.2) is 13.1 Å². The third-order valence-electron chi connectivity index (χ3n) is 3.37. The molecule has 0 fully saturated rings. The minimum atomic E-state index is -3.39. The number of hydrogen-bond donors (Lipinski definition) is 2. The van der Waals surface area contributed by atoms with Gasteiger partial charge in [0.15, 0.2) is 0 Å². The summed E-state index contributed by atoms with van der Waals surface area (Å²) in [6.45, 7) is 8.42. The average molecular weight is 284 g/mol. The lowest BCUT2D eigenvalue weighted by molar-refractivity contribution is 0.511. The van der Waals surface area contributed by atoms with Gasteiger partial charge in [-0.3, -0.25) is 0 Å². The summed E-state index contributed by atoms with van der Waals surface area (Å²) >= 11 is 0. The molecule has 1 aromatic rings. The van der Waals surface area contributed by atoms with Gasteiger partial charge in [-0.15, -0.1) is 0 Å². The van der Waals surface area contributed by atoms with Crippen LogP contribution in [0, 0.1) is 12.8 Å². The Kier molecular flexibility index (Phi) is 5.38. The van der Waals surface area contributed by atoms with Crippen molar-refractivity contribution in [2.75, 3.05) is 12.4 Å². The predicted molar refractivity (Wildman–Crippen MR) is 80.0 cm³/mol. The number of sulfonamides is 1. The lowest BCUT2D eigenvalue weighted by Crippen LogP contribution is -2.25. The Morgan fingerprint density at radius 2 is 1.89 bits per heavy atom. The lowest BCUT2D eigenvalue weighted by Gasteiger charge is -2.23. The number of rotatable bonds is 6. The van der Waals surface area contributed by atoms with E-state index in [1.54, 1.807) is 12.1 Å². The molecule has 0 bridgehead atoms. The fourth-order valence-corrected chi connectivity index (χ4v) is 2.74. The van der Waals surface area contributed by atoms with Crippen LogP contribution >= 0.6 is 0 Å². The molecule has 0 aromatic heterocycles. The van der Waals surface area contributed by atoms with Gasteiger partial charge < -0.3 is 5.32 Å². The second-order valence-electron chi connectivity index (χ2n) is 5.09. The summed E-state index contributed by atoms with van der Waals surface area (Å²) in [6.07, 6.45) is 1.00. The summed E-state index contributed by atoms with van der Waals surface area (Å²) in [7, 11) is -1.97. The first-order valence-corrected chi connectivity index (χ1v) is 8.10. The zero-order chi connectivity index (χ0) is 14.6. The maximum atomic E-state index is 11.8. The standard InChI is InChI=1S/C14H24N2O2S/c1-6-13(10(2)3)16-14-9-12(8-7-11(14)4)19(17,18)15-5/h7-10,13,15-16H,6H2,1-5H3. The number of hydrogen-bond acceptors (Lipinski definition) is 3. The van der Waals surface area contributed by atoms with E-state index in [0.29, 0.717) is 16.9 Å². The average Bonchev–Trinajstić information content (AvgIpc) is 2.37. The van der Waals surface area contributed by atoms with E-state index in [0.717, 1.165) is 17.7 Å². The Morgan fingerprint density at radius 3 is 2.37 bits per heavy atom. The lowest BCUT2D eigenvalue weighted by atomic mass is 10.0. The molecule has 2 N–H and O–H groups in total. The topological polar surface area (TPSA) is 58.2 Å². The van der Waals surface area contributed by atoms with Gasteiger partial charge >= 0.3 is 0 Å². The van der Waals surface area contributed by atoms with Crippen LogP contribution in [-0.2, 0) is 10.0 Å². The first kappa shape index (κ1) is 16.0. The highest BCUT2D eigenvalue weighted by Gasteiger charge is 2.16. The largest absolute Gasteiger partial charge is 0.382 e. The molecule has 0 spiro atoms. The molecule has 1 atom stereocenters.